The van der Waals surface area contributed by atoms with Crippen LogP contribution >= 0.6 is 22.7 Å². The molecule has 7 heteroatoms. The Morgan fingerprint density at radius 1 is 1.15 bits per heavy atom. The Labute approximate surface area is 241 Å². The third kappa shape index (κ3) is 6.64. The largest absolute Gasteiger partial charge is 0.480 e. The fourth-order valence-electron chi connectivity index (χ4n) is 6.79. The van der Waals surface area contributed by atoms with Gasteiger partial charge in [0.25, 0.3) is 0 Å². The van der Waals surface area contributed by atoms with Crippen LogP contribution in [0, 0.1) is 18.8 Å². The molecule has 0 radical (unpaired) electrons. The summed E-state index contributed by atoms with van der Waals surface area (Å²) in [4.78, 5) is 25.0. The molecule has 0 amide bonds. The summed E-state index contributed by atoms with van der Waals surface area (Å²) in [6.07, 6.45) is 4.33. The number of likely N-dealkylation sites (tertiary alicyclic amines) is 2. The van der Waals surface area contributed by atoms with Gasteiger partial charge in [0.2, 0.25) is 0 Å². The number of rotatable bonds is 10. The lowest BCUT2D eigenvalue weighted by Crippen LogP contribution is -2.44. The van der Waals surface area contributed by atoms with E-state index < -0.39 is 12.0 Å². The number of thiazole rings is 1. The second kappa shape index (κ2) is 12.6. The SMILES string of the molecule is CCc1nc(Cc2cccs2)sc1C1CCN(C[C@H]2CN([C@@H](C(=O)O)C(C)C)C[C@@H]2c2cccc(C)c2)CC1. The van der Waals surface area contributed by atoms with E-state index in [-0.39, 0.29) is 5.92 Å². The average molecular weight is 566 g/mol. The minimum Gasteiger partial charge on any atom is -0.480 e. The van der Waals surface area contributed by atoms with Crippen LogP contribution in [-0.2, 0) is 17.6 Å². The summed E-state index contributed by atoms with van der Waals surface area (Å²) in [6.45, 7) is 13.4. The smallest absolute Gasteiger partial charge is 0.321 e. The van der Waals surface area contributed by atoms with E-state index in [2.05, 4.69) is 65.4 Å². The number of carboxylic acid groups (broad SMARTS) is 1. The third-order valence-electron chi connectivity index (χ3n) is 8.68. The van der Waals surface area contributed by atoms with Gasteiger partial charge in [-0.1, -0.05) is 56.7 Å². The number of aryl methyl sites for hydroxylation is 2. The summed E-state index contributed by atoms with van der Waals surface area (Å²) >= 11 is 3.76. The Morgan fingerprint density at radius 2 is 1.95 bits per heavy atom. The number of aliphatic carboxylic acids is 1. The molecule has 2 fully saturated rings. The average Bonchev–Trinajstić information content (AvgIpc) is 3.65. The Kier molecular flexibility index (Phi) is 9.22. The molecule has 0 unspecified atom stereocenters. The van der Waals surface area contributed by atoms with Crippen molar-refractivity contribution < 1.29 is 9.90 Å². The quantitative estimate of drug-likeness (QED) is 0.298. The van der Waals surface area contributed by atoms with E-state index in [1.165, 1.54) is 44.4 Å². The van der Waals surface area contributed by atoms with Gasteiger partial charge in [-0.3, -0.25) is 9.69 Å². The van der Waals surface area contributed by atoms with Crippen molar-refractivity contribution in [3.63, 3.8) is 0 Å². The third-order valence-corrected chi connectivity index (χ3v) is 10.8. The molecule has 4 heterocycles. The maximum absolute atomic E-state index is 12.2. The zero-order valence-electron chi connectivity index (χ0n) is 23.8. The highest BCUT2D eigenvalue weighted by molar-refractivity contribution is 7.12. The summed E-state index contributed by atoms with van der Waals surface area (Å²) in [5, 5.41) is 13.4. The molecule has 1 N–H and O–H groups in total. The molecule has 0 spiro atoms. The lowest BCUT2D eigenvalue weighted by Gasteiger charge is -2.34. The van der Waals surface area contributed by atoms with Gasteiger partial charge in [0.1, 0.15) is 6.04 Å². The molecule has 0 saturated carbocycles. The van der Waals surface area contributed by atoms with Crippen LogP contribution in [0.5, 0.6) is 0 Å². The molecule has 0 aliphatic carbocycles. The molecule has 0 bridgehead atoms. The molecule has 2 saturated heterocycles. The van der Waals surface area contributed by atoms with Gasteiger partial charge in [0.15, 0.2) is 0 Å². The molecule has 210 valence electrons. The Morgan fingerprint density at radius 3 is 2.59 bits per heavy atom. The zero-order valence-corrected chi connectivity index (χ0v) is 25.4. The van der Waals surface area contributed by atoms with Crippen LogP contribution in [0.4, 0.5) is 0 Å². The maximum atomic E-state index is 12.2. The summed E-state index contributed by atoms with van der Waals surface area (Å²) < 4.78 is 0. The number of benzene rings is 1. The molecule has 2 aliphatic heterocycles. The lowest BCUT2D eigenvalue weighted by atomic mass is 9.86. The van der Waals surface area contributed by atoms with Crippen molar-refractivity contribution in [3.8, 4) is 0 Å². The minimum absolute atomic E-state index is 0.0898. The van der Waals surface area contributed by atoms with Crippen LogP contribution in [0.25, 0.3) is 0 Å². The first-order chi connectivity index (χ1) is 18.8. The molecular weight excluding hydrogens is 523 g/mol. The predicted octanol–water partition coefficient (Wildman–Crippen LogP) is 6.67. The van der Waals surface area contributed by atoms with Gasteiger partial charge in [-0.2, -0.15) is 0 Å². The number of hydrogen-bond acceptors (Lipinski definition) is 6. The van der Waals surface area contributed by atoms with Gasteiger partial charge in [-0.15, -0.1) is 22.7 Å². The minimum atomic E-state index is -0.691. The summed E-state index contributed by atoms with van der Waals surface area (Å²) in [5.74, 6) is 0.819. The normalized spacial score (nSPS) is 22.1. The van der Waals surface area contributed by atoms with Crippen molar-refractivity contribution >= 4 is 28.6 Å². The second-order valence-corrected chi connectivity index (χ2v) is 14.0. The van der Waals surface area contributed by atoms with Crippen molar-refractivity contribution in [2.45, 2.75) is 71.3 Å². The van der Waals surface area contributed by atoms with Gasteiger partial charge in [0, 0.05) is 41.7 Å². The summed E-state index contributed by atoms with van der Waals surface area (Å²) in [5.41, 5.74) is 3.95. The standard InChI is InChI=1S/C32H43N3O2S2/c1-5-28-31(39-29(33-28)17-26-10-7-15-38-26)23-11-13-34(14-12-23)18-25-19-35(30(21(2)3)32(36)37)20-27(25)24-9-6-8-22(4)16-24/h6-10,15-16,21,23,25,27,30H,5,11-14,17-20H2,1-4H3,(H,36,37)/t25-,27+,30+/m0/s1. The molecular formula is C32H43N3O2S2. The maximum Gasteiger partial charge on any atom is 0.321 e. The number of carbonyl (C=O) groups is 1. The zero-order chi connectivity index (χ0) is 27.5. The van der Waals surface area contributed by atoms with Gasteiger partial charge >= 0.3 is 5.97 Å². The van der Waals surface area contributed by atoms with Crippen molar-refractivity contribution in [2.75, 3.05) is 32.7 Å². The number of piperidine rings is 1. The number of carboxylic acids is 1. The number of thiophene rings is 1. The van der Waals surface area contributed by atoms with Crippen molar-refractivity contribution in [1.82, 2.24) is 14.8 Å². The van der Waals surface area contributed by atoms with E-state index >= 15 is 0 Å². The van der Waals surface area contributed by atoms with E-state index in [1.54, 1.807) is 0 Å². The molecule has 5 rings (SSSR count). The van der Waals surface area contributed by atoms with Crippen LogP contribution in [0.2, 0.25) is 0 Å². The van der Waals surface area contributed by atoms with Gasteiger partial charge in [-0.25, -0.2) is 4.98 Å². The van der Waals surface area contributed by atoms with E-state index in [0.29, 0.717) is 17.8 Å². The Bertz CT molecular complexity index is 1230. The first kappa shape index (κ1) is 28.5. The van der Waals surface area contributed by atoms with Gasteiger partial charge < -0.3 is 10.0 Å². The predicted molar refractivity (Wildman–Crippen MR) is 162 cm³/mol. The molecule has 3 aromatic rings. The van der Waals surface area contributed by atoms with E-state index in [1.807, 2.05) is 36.5 Å². The topological polar surface area (TPSA) is 56.7 Å². The molecule has 2 aliphatic rings. The Hall–Kier alpha value is -2.06. The molecule has 5 nitrogen and oxygen atoms in total. The van der Waals surface area contributed by atoms with Crippen molar-refractivity contribution in [2.24, 2.45) is 11.8 Å². The Balaban J connectivity index is 1.26. The molecule has 1 aromatic carbocycles. The number of aromatic nitrogens is 1. The van der Waals surface area contributed by atoms with E-state index in [9.17, 15) is 9.90 Å². The van der Waals surface area contributed by atoms with E-state index in [4.69, 9.17) is 4.98 Å². The molecule has 39 heavy (non-hydrogen) atoms. The monoisotopic (exact) mass is 565 g/mol. The highest BCUT2D eigenvalue weighted by atomic mass is 32.1. The summed E-state index contributed by atoms with van der Waals surface area (Å²) in [7, 11) is 0. The van der Waals surface area contributed by atoms with Crippen LogP contribution in [0.3, 0.4) is 0 Å². The summed E-state index contributed by atoms with van der Waals surface area (Å²) in [6, 6.07) is 12.8. The van der Waals surface area contributed by atoms with Crippen molar-refractivity contribution in [1.29, 1.82) is 0 Å². The first-order valence-electron chi connectivity index (χ1n) is 14.6. The molecule has 2 aromatic heterocycles. The van der Waals surface area contributed by atoms with Crippen LogP contribution in [0.1, 0.15) is 77.0 Å². The lowest BCUT2D eigenvalue weighted by molar-refractivity contribution is -0.144. The van der Waals surface area contributed by atoms with Gasteiger partial charge in [-0.05, 0) is 74.0 Å². The fraction of sp³-hybridized carbons (Fsp3) is 0.562. The van der Waals surface area contributed by atoms with Crippen LogP contribution in [0.15, 0.2) is 41.8 Å². The first-order valence-corrected chi connectivity index (χ1v) is 16.3. The van der Waals surface area contributed by atoms with Gasteiger partial charge in [0.05, 0.1) is 10.7 Å². The number of hydrogen-bond donors (Lipinski definition) is 1. The van der Waals surface area contributed by atoms with Crippen molar-refractivity contribution in [3.05, 3.63) is 73.4 Å². The van der Waals surface area contributed by atoms with E-state index in [0.717, 1.165) is 45.6 Å². The molecule has 3 atom stereocenters. The van der Waals surface area contributed by atoms with Crippen LogP contribution in [-0.4, -0.2) is 64.6 Å². The highest BCUT2D eigenvalue weighted by Crippen LogP contribution is 2.39. The number of nitrogens with zero attached hydrogens (tertiary/aromatic N) is 3. The highest BCUT2D eigenvalue weighted by Gasteiger charge is 2.41. The van der Waals surface area contributed by atoms with Crippen LogP contribution < -0.4 is 0 Å². The second-order valence-electron chi connectivity index (χ2n) is 11.9. The fourth-order valence-corrected chi connectivity index (χ4v) is 8.94.